The maximum atomic E-state index is 15.2. The minimum absolute atomic E-state index is 0.00514. The van der Waals surface area contributed by atoms with Gasteiger partial charge in [-0.1, -0.05) is 24.0 Å². The van der Waals surface area contributed by atoms with Crippen molar-refractivity contribution in [3.63, 3.8) is 0 Å². The van der Waals surface area contributed by atoms with Crippen LogP contribution in [-0.4, -0.2) is 94.1 Å². The van der Waals surface area contributed by atoms with E-state index < -0.39 is 49.4 Å². The molecule has 2 heterocycles. The molecular formula is C32H34F5N5O4S. The summed E-state index contributed by atoms with van der Waals surface area (Å²) in [4.78, 5) is 17.1. The molecule has 0 spiro atoms. The van der Waals surface area contributed by atoms with E-state index >= 15 is 4.39 Å². The molecule has 0 bridgehead atoms. The Morgan fingerprint density at radius 2 is 2.09 bits per heavy atom. The van der Waals surface area contributed by atoms with E-state index in [0.29, 0.717) is 28.7 Å². The van der Waals surface area contributed by atoms with Crippen LogP contribution in [0.1, 0.15) is 27.2 Å². The highest BCUT2D eigenvalue weighted by Gasteiger charge is 2.33. The molecule has 1 amide bonds. The first kappa shape index (κ1) is 35.7. The third kappa shape index (κ3) is 9.45. The minimum atomic E-state index is -4.52. The van der Waals surface area contributed by atoms with E-state index in [4.69, 9.17) is 16.0 Å². The molecule has 4 N–H and O–H groups in total. The maximum Gasteiger partial charge on any atom is 0.393 e. The number of thiophene rings is 1. The molecule has 47 heavy (non-hydrogen) atoms. The first-order valence-electron chi connectivity index (χ1n) is 14.6. The van der Waals surface area contributed by atoms with Crippen molar-refractivity contribution in [2.45, 2.75) is 37.3 Å². The van der Waals surface area contributed by atoms with E-state index in [2.05, 4.69) is 32.6 Å². The number of hydrogen-bond acceptors (Lipinski definition) is 8. The maximum absolute atomic E-state index is 15.2. The topological polar surface area (TPSA) is 99.5 Å². The van der Waals surface area contributed by atoms with Gasteiger partial charge in [-0.15, -0.1) is 11.3 Å². The Morgan fingerprint density at radius 3 is 2.77 bits per heavy atom. The third-order valence-corrected chi connectivity index (χ3v) is 8.58. The standard InChI is InChI=1S/C32H34F5N5O4S/c1-38-18-46-28-12-21(31(44)39-2)23(33)13-27(28)40-10-5-8-29-22(14-32(35,36)37)20-6-4-7-26(30(20)47-29)41-25-9-11-42(16-24(25)34)15-19(43)17-45-3/h4,6-7,12-13,19,24-25,40-41,43H,9-11,14-18H2,2-3H3,(H,39,44). The fourth-order valence-electron chi connectivity index (χ4n) is 5.29. The van der Waals surface area contributed by atoms with Crippen LogP contribution in [-0.2, 0) is 11.2 Å². The molecule has 2 aromatic carbocycles. The molecule has 252 valence electrons. The number of carbonyl (C=O) groups excluding carboxylic acids is 1. The van der Waals surface area contributed by atoms with E-state index in [0.717, 1.165) is 23.5 Å². The monoisotopic (exact) mass is 679 g/mol. The predicted octanol–water partition coefficient (Wildman–Crippen LogP) is 5.06. The number of nitrogens with one attached hydrogen (secondary N) is 3. The van der Waals surface area contributed by atoms with Crippen LogP contribution < -0.4 is 20.7 Å². The summed E-state index contributed by atoms with van der Waals surface area (Å²) in [6, 6.07) is 6.46. The molecule has 0 aliphatic carbocycles. The molecule has 15 heteroatoms. The van der Waals surface area contributed by atoms with E-state index in [1.165, 1.54) is 14.2 Å². The molecule has 1 saturated heterocycles. The first-order valence-corrected chi connectivity index (χ1v) is 15.4. The van der Waals surface area contributed by atoms with Crippen LogP contribution in [0.15, 0.2) is 30.3 Å². The fraction of sp³-hybridized carbons (Fsp3) is 0.438. The Morgan fingerprint density at radius 1 is 1.30 bits per heavy atom. The number of anilines is 2. The van der Waals surface area contributed by atoms with Crippen molar-refractivity contribution in [1.29, 1.82) is 0 Å². The molecule has 3 unspecified atom stereocenters. The lowest BCUT2D eigenvalue weighted by atomic mass is 10.0. The molecule has 0 saturated carbocycles. The summed E-state index contributed by atoms with van der Waals surface area (Å²) < 4.78 is 81.7. The zero-order chi connectivity index (χ0) is 34.1. The second-order valence-electron chi connectivity index (χ2n) is 10.8. The van der Waals surface area contributed by atoms with Gasteiger partial charge < -0.3 is 30.5 Å². The van der Waals surface area contributed by atoms with Crippen molar-refractivity contribution < 1.29 is 41.3 Å². The SMILES string of the molecule is [C-]#[N+]COc1cc(C(=O)NC)c(F)cc1NCC#Cc1sc2c(NC3CCN(CC(O)COC)CC3F)cccc2c1CC(F)(F)F. The number of piperidine rings is 1. The van der Waals surface area contributed by atoms with E-state index in [1.54, 1.807) is 18.2 Å². The van der Waals surface area contributed by atoms with Gasteiger partial charge in [-0.3, -0.25) is 14.5 Å². The van der Waals surface area contributed by atoms with Gasteiger partial charge >= 0.3 is 12.9 Å². The molecule has 4 rings (SSSR count). The van der Waals surface area contributed by atoms with Crippen molar-refractivity contribution in [1.82, 2.24) is 10.2 Å². The van der Waals surface area contributed by atoms with Gasteiger partial charge in [0.1, 0.15) is 12.0 Å². The lowest BCUT2D eigenvalue weighted by Crippen LogP contribution is -2.50. The van der Waals surface area contributed by atoms with Crippen LogP contribution in [0.4, 0.5) is 33.3 Å². The number of fused-ring (bicyclic) bond motifs is 1. The number of hydrogen-bond donors (Lipinski definition) is 4. The van der Waals surface area contributed by atoms with Gasteiger partial charge in [0, 0.05) is 39.9 Å². The van der Waals surface area contributed by atoms with Gasteiger partial charge in [0.15, 0.2) is 5.75 Å². The Hall–Kier alpha value is -4.15. The van der Waals surface area contributed by atoms with Crippen LogP contribution in [0.2, 0.25) is 0 Å². The number of β-amino-alcohol motifs (C(OH)–C–C–N with tert-alkyl or cyclic N) is 1. The Bertz CT molecular complexity index is 1670. The highest BCUT2D eigenvalue weighted by atomic mass is 32.1. The van der Waals surface area contributed by atoms with Crippen LogP contribution in [0.3, 0.4) is 0 Å². The Kier molecular flexibility index (Phi) is 12.2. The van der Waals surface area contributed by atoms with E-state index in [-0.39, 0.29) is 53.7 Å². The summed E-state index contributed by atoms with van der Waals surface area (Å²) in [5.41, 5.74) is 0.304. The second kappa shape index (κ2) is 16.1. The van der Waals surface area contributed by atoms with E-state index in [9.17, 15) is 27.5 Å². The molecule has 1 aromatic heterocycles. The largest absolute Gasteiger partial charge is 0.424 e. The number of rotatable bonds is 12. The van der Waals surface area contributed by atoms with Gasteiger partial charge in [0.2, 0.25) is 0 Å². The lowest BCUT2D eigenvalue weighted by Gasteiger charge is -2.36. The second-order valence-corrected chi connectivity index (χ2v) is 11.8. The van der Waals surface area contributed by atoms with Crippen LogP contribution in [0, 0.1) is 24.2 Å². The molecule has 3 aromatic rings. The van der Waals surface area contributed by atoms with Gasteiger partial charge in [0.05, 0.1) is 58.2 Å². The number of aliphatic hydroxyl groups excluding tert-OH is 1. The van der Waals surface area contributed by atoms with Gasteiger partial charge in [-0.25, -0.2) is 15.4 Å². The smallest absolute Gasteiger partial charge is 0.393 e. The number of amides is 1. The average molecular weight is 680 g/mol. The highest BCUT2D eigenvalue weighted by Crippen LogP contribution is 2.39. The minimum Gasteiger partial charge on any atom is -0.424 e. The molecule has 0 radical (unpaired) electrons. The number of aliphatic hydroxyl groups is 1. The van der Waals surface area contributed by atoms with Crippen molar-refractivity contribution in [2.75, 3.05) is 64.3 Å². The molecular weight excluding hydrogens is 645 g/mol. The number of likely N-dealkylation sites (tertiary alicyclic amines) is 1. The van der Waals surface area contributed by atoms with Crippen molar-refractivity contribution in [3.05, 3.63) is 63.6 Å². The molecule has 1 fully saturated rings. The highest BCUT2D eigenvalue weighted by molar-refractivity contribution is 7.20. The number of benzene rings is 2. The molecule has 1 aliphatic rings. The number of halogens is 5. The number of nitrogens with zero attached hydrogens (tertiary/aromatic N) is 2. The zero-order valence-corrected chi connectivity index (χ0v) is 26.5. The number of ether oxygens (including phenoxy) is 2. The van der Waals surface area contributed by atoms with Gasteiger partial charge in [0.25, 0.3) is 5.91 Å². The van der Waals surface area contributed by atoms with Crippen LogP contribution in [0.25, 0.3) is 14.9 Å². The van der Waals surface area contributed by atoms with Crippen LogP contribution in [0.5, 0.6) is 5.75 Å². The number of methoxy groups -OCH3 is 1. The Balaban J connectivity index is 1.56. The number of alkyl halides is 4. The van der Waals surface area contributed by atoms with Crippen molar-refractivity contribution >= 4 is 38.7 Å². The normalized spacial score (nSPS) is 17.3. The van der Waals surface area contributed by atoms with Crippen molar-refractivity contribution in [2.24, 2.45) is 0 Å². The summed E-state index contributed by atoms with van der Waals surface area (Å²) in [6.45, 7) is 7.46. The summed E-state index contributed by atoms with van der Waals surface area (Å²) in [5, 5.41) is 18.7. The first-order chi connectivity index (χ1) is 22.4. The molecule has 1 aliphatic heterocycles. The van der Waals surface area contributed by atoms with Crippen LogP contribution >= 0.6 is 11.3 Å². The average Bonchev–Trinajstić information content (AvgIpc) is 3.36. The molecule has 9 nitrogen and oxygen atoms in total. The zero-order valence-electron chi connectivity index (χ0n) is 25.6. The molecule has 3 atom stereocenters. The van der Waals surface area contributed by atoms with Gasteiger partial charge in [-0.2, -0.15) is 13.2 Å². The summed E-state index contributed by atoms with van der Waals surface area (Å²) in [6.07, 6.45) is -7.34. The van der Waals surface area contributed by atoms with E-state index in [1.807, 2.05) is 4.90 Å². The van der Waals surface area contributed by atoms with Crippen molar-refractivity contribution in [3.8, 4) is 17.6 Å². The number of carbonyl (C=O) groups is 1. The van der Waals surface area contributed by atoms with Gasteiger partial charge in [-0.05, 0) is 29.5 Å². The Labute approximate surface area is 272 Å². The summed E-state index contributed by atoms with van der Waals surface area (Å²) >= 11 is 1.06. The summed E-state index contributed by atoms with van der Waals surface area (Å²) in [5.74, 6) is 4.06. The quantitative estimate of drug-likeness (QED) is 0.121. The third-order valence-electron chi connectivity index (χ3n) is 7.38. The summed E-state index contributed by atoms with van der Waals surface area (Å²) in [7, 11) is 2.81. The fourth-order valence-corrected chi connectivity index (χ4v) is 6.46. The lowest BCUT2D eigenvalue weighted by molar-refractivity contribution is -0.126. The predicted molar refractivity (Wildman–Crippen MR) is 170 cm³/mol.